The summed E-state index contributed by atoms with van der Waals surface area (Å²) in [6.45, 7) is 6.74. The molecule has 2 saturated heterocycles. The van der Waals surface area contributed by atoms with E-state index in [1.807, 2.05) is 11.7 Å². The maximum Gasteiger partial charge on any atom is 0.131 e. The van der Waals surface area contributed by atoms with E-state index in [4.69, 9.17) is 11.6 Å². The largest absolute Gasteiger partial charge is 0.354 e. The van der Waals surface area contributed by atoms with Crippen LogP contribution in [0.1, 0.15) is 30.5 Å². The first-order valence-electron chi connectivity index (χ1n) is 7.28. The van der Waals surface area contributed by atoms with Crippen LogP contribution in [0, 0.1) is 6.92 Å². The van der Waals surface area contributed by atoms with E-state index in [0.29, 0.717) is 5.88 Å². The van der Waals surface area contributed by atoms with Crippen LogP contribution in [-0.4, -0.2) is 46.9 Å². The molecule has 0 bridgehead atoms. The van der Waals surface area contributed by atoms with Crippen LogP contribution in [0.2, 0.25) is 0 Å². The van der Waals surface area contributed by atoms with Gasteiger partial charge in [-0.2, -0.15) is 5.10 Å². The topological polar surface area (TPSA) is 24.3 Å². The predicted molar refractivity (Wildman–Crippen MR) is 78.9 cm³/mol. The number of halogens is 1. The summed E-state index contributed by atoms with van der Waals surface area (Å²) >= 11 is 6.12. The Labute approximate surface area is 120 Å². The van der Waals surface area contributed by atoms with Gasteiger partial charge in [-0.15, -0.1) is 11.6 Å². The van der Waals surface area contributed by atoms with Gasteiger partial charge in [0.25, 0.3) is 0 Å². The lowest BCUT2D eigenvalue weighted by atomic mass is 9.99. The Kier molecular flexibility index (Phi) is 3.72. The summed E-state index contributed by atoms with van der Waals surface area (Å²) in [5.74, 6) is 1.79. The van der Waals surface area contributed by atoms with Gasteiger partial charge in [0.15, 0.2) is 0 Å². The molecule has 1 unspecified atom stereocenters. The fourth-order valence-corrected chi connectivity index (χ4v) is 3.90. The van der Waals surface area contributed by atoms with E-state index in [9.17, 15) is 0 Å². The third kappa shape index (κ3) is 2.36. The highest BCUT2D eigenvalue weighted by molar-refractivity contribution is 6.17. The minimum absolute atomic E-state index is 0.555. The Bertz CT molecular complexity index is 457. The number of piperazine rings is 1. The average molecular weight is 283 g/mol. The number of hydrogen-bond acceptors (Lipinski definition) is 3. The maximum atomic E-state index is 6.12. The van der Waals surface area contributed by atoms with Crippen molar-refractivity contribution in [1.82, 2.24) is 14.7 Å². The minimum Gasteiger partial charge on any atom is -0.354 e. The first-order valence-corrected chi connectivity index (χ1v) is 7.81. The Hall–Kier alpha value is -0.740. The molecule has 3 rings (SSSR count). The Balaban J connectivity index is 1.83. The molecule has 2 fully saturated rings. The van der Waals surface area contributed by atoms with Crippen LogP contribution in [-0.2, 0) is 12.9 Å². The second-order valence-electron chi connectivity index (χ2n) is 5.78. The second-order valence-corrected chi connectivity index (χ2v) is 6.04. The zero-order valence-corrected chi connectivity index (χ0v) is 12.7. The van der Waals surface area contributed by atoms with Crippen LogP contribution in [0.25, 0.3) is 0 Å². The third-order valence-corrected chi connectivity index (χ3v) is 4.85. The highest BCUT2D eigenvalue weighted by Crippen LogP contribution is 2.29. The van der Waals surface area contributed by atoms with Crippen molar-refractivity contribution < 1.29 is 0 Å². The van der Waals surface area contributed by atoms with Gasteiger partial charge in [-0.1, -0.05) is 6.42 Å². The summed E-state index contributed by atoms with van der Waals surface area (Å²) < 4.78 is 2.01. The molecule has 4 nitrogen and oxygen atoms in total. The van der Waals surface area contributed by atoms with Crippen molar-refractivity contribution >= 4 is 17.4 Å². The SMILES string of the molecule is Cc1nn(C)c(N2CCN3CCCCC3C2)c1CCl. The zero-order valence-electron chi connectivity index (χ0n) is 11.9. The lowest BCUT2D eigenvalue weighted by molar-refractivity contribution is 0.133. The zero-order chi connectivity index (χ0) is 13.4. The van der Waals surface area contributed by atoms with Crippen LogP contribution in [0.15, 0.2) is 0 Å². The van der Waals surface area contributed by atoms with Gasteiger partial charge >= 0.3 is 0 Å². The number of aryl methyl sites for hydroxylation is 2. The predicted octanol–water partition coefficient (Wildman–Crippen LogP) is 2.14. The highest BCUT2D eigenvalue weighted by atomic mass is 35.5. The molecule has 1 aromatic rings. The molecule has 3 heterocycles. The van der Waals surface area contributed by atoms with Crippen molar-refractivity contribution in [2.24, 2.45) is 7.05 Å². The summed E-state index contributed by atoms with van der Waals surface area (Å²) in [6, 6.07) is 0.723. The first kappa shape index (κ1) is 13.3. The number of aromatic nitrogens is 2. The van der Waals surface area contributed by atoms with E-state index in [1.54, 1.807) is 0 Å². The monoisotopic (exact) mass is 282 g/mol. The highest BCUT2D eigenvalue weighted by Gasteiger charge is 2.31. The van der Waals surface area contributed by atoms with Gasteiger partial charge in [-0.25, -0.2) is 0 Å². The van der Waals surface area contributed by atoms with Crippen molar-refractivity contribution in [2.75, 3.05) is 31.1 Å². The van der Waals surface area contributed by atoms with Gasteiger partial charge in [-0.3, -0.25) is 9.58 Å². The molecular weight excluding hydrogens is 260 g/mol. The van der Waals surface area contributed by atoms with E-state index < -0.39 is 0 Å². The molecule has 5 heteroatoms. The second kappa shape index (κ2) is 5.33. The normalized spacial score (nSPS) is 24.6. The molecule has 2 aliphatic rings. The molecule has 0 N–H and O–H groups in total. The van der Waals surface area contributed by atoms with E-state index in [2.05, 4.69) is 21.8 Å². The third-order valence-electron chi connectivity index (χ3n) is 4.58. The van der Waals surface area contributed by atoms with E-state index in [1.165, 1.54) is 43.7 Å². The standard InChI is InChI=1S/C14H23ClN4/c1-11-13(9-15)14(17(2)16-11)19-8-7-18-6-4-3-5-12(18)10-19/h12H,3-10H2,1-2H3. The van der Waals surface area contributed by atoms with Gasteiger partial charge < -0.3 is 4.90 Å². The van der Waals surface area contributed by atoms with E-state index in [-0.39, 0.29) is 0 Å². The minimum atomic E-state index is 0.555. The number of nitrogens with zero attached hydrogens (tertiary/aromatic N) is 4. The number of fused-ring (bicyclic) bond motifs is 1. The summed E-state index contributed by atoms with van der Waals surface area (Å²) in [5, 5.41) is 4.54. The quantitative estimate of drug-likeness (QED) is 0.777. The fourth-order valence-electron chi connectivity index (χ4n) is 3.59. The molecule has 1 aromatic heterocycles. The van der Waals surface area contributed by atoms with E-state index >= 15 is 0 Å². The molecule has 106 valence electrons. The Morgan fingerprint density at radius 1 is 1.26 bits per heavy atom. The fraction of sp³-hybridized carbons (Fsp3) is 0.786. The Morgan fingerprint density at radius 3 is 2.89 bits per heavy atom. The van der Waals surface area contributed by atoms with Crippen LogP contribution < -0.4 is 4.90 Å². The molecule has 0 spiro atoms. The maximum absolute atomic E-state index is 6.12. The number of alkyl halides is 1. The molecule has 0 aliphatic carbocycles. The molecule has 0 saturated carbocycles. The summed E-state index contributed by atoms with van der Waals surface area (Å²) in [4.78, 5) is 5.15. The van der Waals surface area contributed by atoms with Crippen molar-refractivity contribution in [3.05, 3.63) is 11.3 Å². The number of rotatable bonds is 2. The van der Waals surface area contributed by atoms with E-state index in [0.717, 1.165) is 24.8 Å². The van der Waals surface area contributed by atoms with Crippen molar-refractivity contribution in [3.63, 3.8) is 0 Å². The molecule has 19 heavy (non-hydrogen) atoms. The van der Waals surface area contributed by atoms with Gasteiger partial charge in [0.1, 0.15) is 5.82 Å². The number of anilines is 1. The van der Waals surface area contributed by atoms with Gasteiger partial charge in [0.2, 0.25) is 0 Å². The number of piperidine rings is 1. The molecule has 0 amide bonds. The van der Waals surface area contributed by atoms with Crippen LogP contribution in [0.4, 0.5) is 5.82 Å². The van der Waals surface area contributed by atoms with Crippen LogP contribution in [0.3, 0.4) is 0 Å². The molecule has 0 aromatic carbocycles. The molecular formula is C14H23ClN4. The van der Waals surface area contributed by atoms with Crippen molar-refractivity contribution in [2.45, 2.75) is 38.1 Å². The van der Waals surface area contributed by atoms with Crippen LogP contribution >= 0.6 is 11.6 Å². The van der Waals surface area contributed by atoms with Gasteiger partial charge in [0, 0.05) is 38.3 Å². The van der Waals surface area contributed by atoms with Crippen LogP contribution in [0.5, 0.6) is 0 Å². The van der Waals surface area contributed by atoms with Crippen molar-refractivity contribution in [1.29, 1.82) is 0 Å². The lowest BCUT2D eigenvalue weighted by Gasteiger charge is -2.44. The summed E-state index contributed by atoms with van der Waals surface area (Å²) in [7, 11) is 2.03. The number of hydrogen-bond donors (Lipinski definition) is 0. The smallest absolute Gasteiger partial charge is 0.131 e. The summed E-state index contributed by atoms with van der Waals surface area (Å²) in [5.41, 5.74) is 2.27. The lowest BCUT2D eigenvalue weighted by Crippen LogP contribution is -2.55. The average Bonchev–Trinajstić information content (AvgIpc) is 2.72. The van der Waals surface area contributed by atoms with Gasteiger partial charge in [0.05, 0.1) is 11.6 Å². The Morgan fingerprint density at radius 2 is 2.11 bits per heavy atom. The summed E-state index contributed by atoms with van der Waals surface area (Å²) in [6.07, 6.45) is 4.08. The molecule has 2 aliphatic heterocycles. The molecule has 1 atom stereocenters. The van der Waals surface area contributed by atoms with Gasteiger partial charge in [-0.05, 0) is 26.3 Å². The molecule has 0 radical (unpaired) electrons. The van der Waals surface area contributed by atoms with Crippen molar-refractivity contribution in [3.8, 4) is 0 Å². The first-order chi connectivity index (χ1) is 9.20.